The molecular formula is C17H19NO5. The number of nitrogens with one attached hydrogen (secondary N) is 1. The lowest BCUT2D eigenvalue weighted by molar-refractivity contribution is -0.138. The van der Waals surface area contributed by atoms with Crippen molar-refractivity contribution in [3.05, 3.63) is 40.6 Å². The van der Waals surface area contributed by atoms with Crippen LogP contribution in [0.2, 0.25) is 0 Å². The minimum absolute atomic E-state index is 0.0159. The van der Waals surface area contributed by atoms with Gasteiger partial charge in [0.05, 0.1) is 24.4 Å². The fraction of sp³-hybridized carbons (Fsp3) is 0.294. The van der Waals surface area contributed by atoms with Gasteiger partial charge in [0.1, 0.15) is 0 Å². The lowest BCUT2D eigenvalue weighted by atomic mass is 10.0. The standard InChI is InChI=1S/C17H19NO5/c1-4-22-14-9-11(6-7-13(14)19)8-12-15(17(21)23-5-2)10(3)18-16(12)20/h6-9,19H,4-5H2,1-3H3,(H,18,20)/b12-8-. The van der Waals surface area contributed by atoms with Crippen molar-refractivity contribution in [3.8, 4) is 11.5 Å². The number of allylic oxidation sites excluding steroid dienone is 1. The summed E-state index contributed by atoms with van der Waals surface area (Å²) in [6, 6.07) is 4.72. The Balaban J connectivity index is 2.42. The summed E-state index contributed by atoms with van der Waals surface area (Å²) >= 11 is 0. The lowest BCUT2D eigenvalue weighted by Gasteiger charge is -2.07. The Kier molecular flexibility index (Phi) is 5.05. The summed E-state index contributed by atoms with van der Waals surface area (Å²) < 4.78 is 10.3. The number of benzene rings is 1. The number of hydrogen-bond donors (Lipinski definition) is 2. The summed E-state index contributed by atoms with van der Waals surface area (Å²) in [5.41, 5.74) is 1.55. The van der Waals surface area contributed by atoms with E-state index in [-0.39, 0.29) is 29.4 Å². The zero-order valence-corrected chi connectivity index (χ0v) is 13.3. The molecule has 0 saturated carbocycles. The molecule has 0 atom stereocenters. The van der Waals surface area contributed by atoms with Gasteiger partial charge in [-0.1, -0.05) is 6.07 Å². The van der Waals surface area contributed by atoms with E-state index in [1.165, 1.54) is 6.07 Å². The molecule has 23 heavy (non-hydrogen) atoms. The highest BCUT2D eigenvalue weighted by atomic mass is 16.5. The predicted octanol–water partition coefficient (Wildman–Crippen LogP) is 2.14. The van der Waals surface area contributed by atoms with E-state index in [9.17, 15) is 14.7 Å². The third-order valence-corrected chi connectivity index (χ3v) is 3.26. The molecule has 1 aliphatic heterocycles. The van der Waals surface area contributed by atoms with Gasteiger partial charge in [-0.15, -0.1) is 0 Å². The molecule has 1 aliphatic rings. The minimum Gasteiger partial charge on any atom is -0.504 e. The molecule has 0 fully saturated rings. The van der Waals surface area contributed by atoms with Gasteiger partial charge in [-0.3, -0.25) is 4.79 Å². The molecule has 2 N–H and O–H groups in total. The molecule has 122 valence electrons. The molecule has 0 unspecified atom stereocenters. The van der Waals surface area contributed by atoms with Crippen LogP contribution in [0.3, 0.4) is 0 Å². The van der Waals surface area contributed by atoms with E-state index in [2.05, 4.69) is 5.32 Å². The second kappa shape index (κ2) is 7.00. The minimum atomic E-state index is -0.543. The van der Waals surface area contributed by atoms with Gasteiger partial charge in [0.25, 0.3) is 5.91 Å². The first kappa shape index (κ1) is 16.6. The van der Waals surface area contributed by atoms with Crippen molar-refractivity contribution < 1.29 is 24.2 Å². The van der Waals surface area contributed by atoms with Crippen molar-refractivity contribution in [1.82, 2.24) is 5.32 Å². The van der Waals surface area contributed by atoms with Crippen LogP contribution in [-0.2, 0) is 14.3 Å². The third-order valence-electron chi connectivity index (χ3n) is 3.26. The fourth-order valence-corrected chi connectivity index (χ4v) is 2.28. The third kappa shape index (κ3) is 3.53. The van der Waals surface area contributed by atoms with Crippen LogP contribution in [0.25, 0.3) is 6.08 Å². The second-order valence-electron chi connectivity index (χ2n) is 4.89. The number of amides is 1. The molecule has 0 radical (unpaired) electrons. The Hall–Kier alpha value is -2.76. The van der Waals surface area contributed by atoms with Crippen molar-refractivity contribution in [2.75, 3.05) is 13.2 Å². The number of ether oxygens (including phenoxy) is 2. The van der Waals surface area contributed by atoms with Crippen LogP contribution in [0, 0.1) is 0 Å². The smallest absolute Gasteiger partial charge is 0.340 e. The summed E-state index contributed by atoms with van der Waals surface area (Å²) in [5.74, 6) is -0.573. The van der Waals surface area contributed by atoms with E-state index >= 15 is 0 Å². The molecule has 0 aromatic heterocycles. The normalized spacial score (nSPS) is 15.8. The largest absolute Gasteiger partial charge is 0.504 e. The zero-order chi connectivity index (χ0) is 17.0. The quantitative estimate of drug-likeness (QED) is 0.642. The van der Waals surface area contributed by atoms with Crippen LogP contribution in [-0.4, -0.2) is 30.2 Å². The summed E-state index contributed by atoms with van der Waals surface area (Å²) in [7, 11) is 0. The molecule has 1 heterocycles. The van der Waals surface area contributed by atoms with Crippen molar-refractivity contribution in [2.45, 2.75) is 20.8 Å². The number of rotatable bonds is 5. The van der Waals surface area contributed by atoms with E-state index in [1.54, 1.807) is 39.0 Å². The second-order valence-corrected chi connectivity index (χ2v) is 4.89. The molecule has 0 spiro atoms. The monoisotopic (exact) mass is 317 g/mol. The highest BCUT2D eigenvalue weighted by molar-refractivity contribution is 6.16. The van der Waals surface area contributed by atoms with E-state index in [1.807, 2.05) is 0 Å². The van der Waals surface area contributed by atoms with Gasteiger partial charge in [-0.25, -0.2) is 4.79 Å². The zero-order valence-electron chi connectivity index (χ0n) is 13.3. The number of phenols is 1. The first-order valence-corrected chi connectivity index (χ1v) is 7.35. The van der Waals surface area contributed by atoms with Crippen molar-refractivity contribution >= 4 is 18.0 Å². The number of carbonyl (C=O) groups is 2. The fourth-order valence-electron chi connectivity index (χ4n) is 2.28. The average Bonchev–Trinajstić information content (AvgIpc) is 2.77. The molecule has 0 saturated heterocycles. The van der Waals surface area contributed by atoms with Crippen molar-refractivity contribution in [2.24, 2.45) is 0 Å². The Morgan fingerprint density at radius 1 is 1.30 bits per heavy atom. The van der Waals surface area contributed by atoms with Gasteiger partial charge in [0.15, 0.2) is 11.5 Å². The molecular weight excluding hydrogens is 298 g/mol. The first-order chi connectivity index (χ1) is 11.0. The number of esters is 1. The van der Waals surface area contributed by atoms with E-state index < -0.39 is 5.97 Å². The van der Waals surface area contributed by atoms with Gasteiger partial charge < -0.3 is 19.9 Å². The topological polar surface area (TPSA) is 84.9 Å². The van der Waals surface area contributed by atoms with Crippen LogP contribution in [0.1, 0.15) is 26.3 Å². The molecule has 1 aromatic carbocycles. The van der Waals surface area contributed by atoms with E-state index in [0.717, 1.165) is 0 Å². The molecule has 1 aromatic rings. The van der Waals surface area contributed by atoms with Gasteiger partial charge in [0.2, 0.25) is 0 Å². The molecule has 1 amide bonds. The lowest BCUT2D eigenvalue weighted by Crippen LogP contribution is -2.15. The number of hydrogen-bond acceptors (Lipinski definition) is 5. The SMILES string of the molecule is CCOC(=O)C1=C(C)NC(=O)/C1=C\c1ccc(O)c(OCC)c1. The van der Waals surface area contributed by atoms with Crippen molar-refractivity contribution in [1.29, 1.82) is 0 Å². The number of carbonyl (C=O) groups excluding carboxylic acids is 2. The molecule has 6 nitrogen and oxygen atoms in total. The molecule has 6 heteroatoms. The Morgan fingerprint density at radius 3 is 2.70 bits per heavy atom. The van der Waals surface area contributed by atoms with Crippen LogP contribution < -0.4 is 10.1 Å². The Labute approximate surface area is 134 Å². The number of phenolic OH excluding ortho intramolecular Hbond substituents is 1. The molecule has 0 aliphatic carbocycles. The van der Waals surface area contributed by atoms with E-state index in [4.69, 9.17) is 9.47 Å². The van der Waals surface area contributed by atoms with Gasteiger partial charge >= 0.3 is 5.97 Å². The summed E-state index contributed by atoms with van der Waals surface area (Å²) in [6.45, 7) is 5.79. The van der Waals surface area contributed by atoms with Crippen LogP contribution >= 0.6 is 0 Å². The summed E-state index contributed by atoms with van der Waals surface area (Å²) in [4.78, 5) is 24.1. The molecule has 2 rings (SSSR count). The summed E-state index contributed by atoms with van der Waals surface area (Å²) in [5, 5.41) is 12.3. The maximum Gasteiger partial charge on any atom is 0.340 e. The van der Waals surface area contributed by atoms with E-state index in [0.29, 0.717) is 23.6 Å². The molecule has 0 bridgehead atoms. The van der Waals surface area contributed by atoms with Crippen LogP contribution in [0.4, 0.5) is 0 Å². The van der Waals surface area contributed by atoms with Crippen LogP contribution in [0.5, 0.6) is 11.5 Å². The first-order valence-electron chi connectivity index (χ1n) is 7.35. The van der Waals surface area contributed by atoms with Gasteiger partial charge in [-0.05, 0) is 44.5 Å². The maximum absolute atomic E-state index is 12.1. The van der Waals surface area contributed by atoms with Crippen LogP contribution in [0.15, 0.2) is 35.0 Å². The Bertz CT molecular complexity index is 703. The highest BCUT2D eigenvalue weighted by Crippen LogP contribution is 2.30. The number of aromatic hydroxyl groups is 1. The summed E-state index contributed by atoms with van der Waals surface area (Å²) in [6.07, 6.45) is 1.57. The predicted molar refractivity (Wildman–Crippen MR) is 84.7 cm³/mol. The average molecular weight is 317 g/mol. The highest BCUT2D eigenvalue weighted by Gasteiger charge is 2.30. The maximum atomic E-state index is 12.1. The van der Waals surface area contributed by atoms with Crippen molar-refractivity contribution in [3.63, 3.8) is 0 Å². The van der Waals surface area contributed by atoms with Gasteiger partial charge in [0, 0.05) is 5.70 Å². The van der Waals surface area contributed by atoms with Gasteiger partial charge in [-0.2, -0.15) is 0 Å². The Morgan fingerprint density at radius 2 is 2.04 bits per heavy atom.